The molecule has 0 radical (unpaired) electrons. The molecule has 1 aromatic heterocycles. The molecule has 3 heteroatoms. The number of aromatic nitrogens is 1. The van der Waals surface area contributed by atoms with E-state index in [0.29, 0.717) is 0 Å². The normalized spacial score (nSPS) is 16.4. The van der Waals surface area contributed by atoms with Crippen LogP contribution in [0.4, 0.5) is 0 Å². The van der Waals surface area contributed by atoms with Gasteiger partial charge in [0.2, 0.25) is 0 Å². The number of H-pyrrole nitrogens is 1. The third-order valence-electron chi connectivity index (χ3n) is 4.32. The first-order valence-electron chi connectivity index (χ1n) is 7.60. The molecule has 0 atom stereocenters. The van der Waals surface area contributed by atoms with E-state index in [0.717, 1.165) is 16.3 Å². The summed E-state index contributed by atoms with van der Waals surface area (Å²) in [5, 5.41) is 0. The Morgan fingerprint density at radius 3 is 2.50 bits per heavy atom. The van der Waals surface area contributed by atoms with Crippen molar-refractivity contribution in [3.8, 4) is 11.3 Å². The highest BCUT2D eigenvalue weighted by atomic mass is 32.1. The molecule has 1 aromatic carbocycles. The van der Waals surface area contributed by atoms with E-state index in [1.165, 1.54) is 53.8 Å². The second-order valence-corrected chi connectivity index (χ2v) is 7.40. The maximum absolute atomic E-state index is 5.28. The van der Waals surface area contributed by atoms with Crippen LogP contribution in [0.5, 0.6) is 0 Å². The van der Waals surface area contributed by atoms with E-state index in [1.54, 1.807) is 11.3 Å². The molecule has 1 heterocycles. The molecule has 0 aliphatic heterocycles. The number of thiazole rings is 1. The summed E-state index contributed by atoms with van der Waals surface area (Å²) in [6, 6.07) is 9.16. The monoisotopic (exact) mass is 303 g/mol. The van der Waals surface area contributed by atoms with Crippen LogP contribution in [0.2, 0.25) is 0 Å². The molecule has 1 fully saturated rings. The fraction of sp³-hybridized carbons (Fsp3) is 0.471. The van der Waals surface area contributed by atoms with E-state index in [2.05, 4.69) is 36.2 Å². The number of hydrogen-bond acceptors (Lipinski definition) is 2. The summed E-state index contributed by atoms with van der Waals surface area (Å²) < 4.78 is 0.883. The van der Waals surface area contributed by atoms with Crippen LogP contribution in [0.25, 0.3) is 11.3 Å². The van der Waals surface area contributed by atoms with Crippen molar-refractivity contribution in [2.24, 2.45) is 0 Å². The Morgan fingerprint density at radius 1 is 1.15 bits per heavy atom. The van der Waals surface area contributed by atoms with Crippen LogP contribution >= 0.6 is 23.6 Å². The van der Waals surface area contributed by atoms with Crippen molar-refractivity contribution < 1.29 is 0 Å². The molecule has 1 aliphatic rings. The first-order valence-corrected chi connectivity index (χ1v) is 8.82. The molecule has 0 unspecified atom stereocenters. The van der Waals surface area contributed by atoms with Gasteiger partial charge in [-0.15, -0.1) is 11.3 Å². The van der Waals surface area contributed by atoms with Crippen LogP contribution in [0.3, 0.4) is 0 Å². The molecule has 1 aliphatic carbocycles. The smallest absolute Gasteiger partial charge is 0.159 e. The Balaban J connectivity index is 1.86. The van der Waals surface area contributed by atoms with Crippen LogP contribution in [0.15, 0.2) is 24.3 Å². The average Bonchev–Trinajstić information content (AvgIpc) is 2.89. The van der Waals surface area contributed by atoms with Gasteiger partial charge in [0.05, 0.1) is 5.69 Å². The maximum atomic E-state index is 5.28. The zero-order chi connectivity index (χ0) is 13.9. The fourth-order valence-electron chi connectivity index (χ4n) is 3.20. The highest BCUT2D eigenvalue weighted by molar-refractivity contribution is 7.73. The molecule has 0 saturated heterocycles. The van der Waals surface area contributed by atoms with Gasteiger partial charge < -0.3 is 4.98 Å². The first-order chi connectivity index (χ1) is 9.78. The lowest BCUT2D eigenvalue weighted by atomic mass is 9.84. The number of rotatable bonds is 3. The molecule has 3 rings (SSSR count). The summed E-state index contributed by atoms with van der Waals surface area (Å²) in [5.74, 6) is 0.782. The molecular weight excluding hydrogens is 282 g/mol. The number of nitrogens with one attached hydrogen (secondary N) is 1. The molecule has 1 saturated carbocycles. The third kappa shape index (κ3) is 2.89. The van der Waals surface area contributed by atoms with E-state index in [9.17, 15) is 0 Å². The Bertz CT molecular complexity index is 615. The third-order valence-corrected chi connectivity index (χ3v) is 5.70. The van der Waals surface area contributed by atoms with E-state index >= 15 is 0 Å². The summed E-state index contributed by atoms with van der Waals surface area (Å²) in [4.78, 5) is 4.71. The number of aryl methyl sites for hydroxylation is 1. The van der Waals surface area contributed by atoms with Gasteiger partial charge in [0.15, 0.2) is 3.95 Å². The predicted molar refractivity (Wildman–Crippen MR) is 90.1 cm³/mol. The molecule has 20 heavy (non-hydrogen) atoms. The summed E-state index contributed by atoms with van der Waals surface area (Å²) in [6.07, 6.45) is 7.96. The lowest BCUT2D eigenvalue weighted by Gasteiger charge is -2.22. The minimum Gasteiger partial charge on any atom is -0.337 e. The van der Waals surface area contributed by atoms with Gasteiger partial charge in [-0.05, 0) is 48.5 Å². The van der Waals surface area contributed by atoms with Gasteiger partial charge in [0.1, 0.15) is 0 Å². The number of aromatic amines is 1. The van der Waals surface area contributed by atoms with E-state index in [4.69, 9.17) is 12.2 Å². The van der Waals surface area contributed by atoms with Gasteiger partial charge in [-0.25, -0.2) is 0 Å². The number of hydrogen-bond donors (Lipinski definition) is 1. The highest BCUT2D eigenvalue weighted by Gasteiger charge is 2.15. The zero-order valence-corrected chi connectivity index (χ0v) is 13.6. The second-order valence-electron chi connectivity index (χ2n) is 5.62. The van der Waals surface area contributed by atoms with Gasteiger partial charge >= 0.3 is 0 Å². The molecular formula is C17H21NS2. The Labute approximate surface area is 130 Å². The van der Waals surface area contributed by atoms with Crippen molar-refractivity contribution in [3.63, 3.8) is 0 Å². The Hall–Kier alpha value is -0.930. The molecule has 2 aromatic rings. The Kier molecular flexibility index (Phi) is 4.37. The van der Waals surface area contributed by atoms with Gasteiger partial charge in [-0.3, -0.25) is 0 Å². The van der Waals surface area contributed by atoms with Crippen LogP contribution in [0, 0.1) is 3.95 Å². The summed E-state index contributed by atoms with van der Waals surface area (Å²) in [7, 11) is 0. The van der Waals surface area contributed by atoms with E-state index in [1.807, 2.05) is 0 Å². The lowest BCUT2D eigenvalue weighted by molar-refractivity contribution is 0.443. The van der Waals surface area contributed by atoms with Gasteiger partial charge in [0, 0.05) is 4.88 Å². The molecule has 1 N–H and O–H groups in total. The maximum Gasteiger partial charge on any atom is 0.159 e. The van der Waals surface area contributed by atoms with Gasteiger partial charge in [0.25, 0.3) is 0 Å². The topological polar surface area (TPSA) is 15.8 Å². The molecule has 1 nitrogen and oxygen atoms in total. The molecule has 0 bridgehead atoms. The van der Waals surface area contributed by atoms with Crippen LogP contribution in [0.1, 0.15) is 55.4 Å². The van der Waals surface area contributed by atoms with Crippen LogP contribution in [-0.2, 0) is 6.42 Å². The van der Waals surface area contributed by atoms with Crippen molar-refractivity contribution in [2.75, 3.05) is 0 Å². The highest BCUT2D eigenvalue weighted by Crippen LogP contribution is 2.34. The van der Waals surface area contributed by atoms with Crippen molar-refractivity contribution >= 4 is 23.6 Å². The zero-order valence-electron chi connectivity index (χ0n) is 11.9. The largest absolute Gasteiger partial charge is 0.337 e. The van der Waals surface area contributed by atoms with Crippen molar-refractivity contribution in [3.05, 3.63) is 38.7 Å². The van der Waals surface area contributed by atoms with Gasteiger partial charge in [-0.1, -0.05) is 50.5 Å². The average molecular weight is 303 g/mol. The lowest BCUT2D eigenvalue weighted by Crippen LogP contribution is -2.04. The fourth-order valence-corrected chi connectivity index (χ4v) is 4.40. The minimum absolute atomic E-state index is 0.782. The Morgan fingerprint density at radius 2 is 1.85 bits per heavy atom. The summed E-state index contributed by atoms with van der Waals surface area (Å²) >= 11 is 6.98. The predicted octanol–water partition coefficient (Wildman–Crippen LogP) is 6.08. The summed E-state index contributed by atoms with van der Waals surface area (Å²) in [6.45, 7) is 2.19. The molecule has 106 valence electrons. The van der Waals surface area contributed by atoms with Crippen LogP contribution < -0.4 is 0 Å². The summed E-state index contributed by atoms with van der Waals surface area (Å²) in [5.41, 5.74) is 4.01. The van der Waals surface area contributed by atoms with Crippen molar-refractivity contribution in [1.82, 2.24) is 4.98 Å². The minimum atomic E-state index is 0.782. The molecule has 0 spiro atoms. The van der Waals surface area contributed by atoms with Crippen molar-refractivity contribution in [2.45, 2.75) is 51.4 Å². The van der Waals surface area contributed by atoms with E-state index in [-0.39, 0.29) is 0 Å². The molecule has 0 amide bonds. The van der Waals surface area contributed by atoms with E-state index < -0.39 is 0 Å². The first kappa shape index (κ1) is 14.0. The van der Waals surface area contributed by atoms with Gasteiger partial charge in [-0.2, -0.15) is 0 Å². The van der Waals surface area contributed by atoms with Crippen LogP contribution in [-0.4, -0.2) is 4.98 Å². The number of benzene rings is 1. The quantitative estimate of drug-likeness (QED) is 0.679. The SMILES string of the molecule is CCc1sc(=S)[nH]c1-c1ccc(C2CCCCC2)cc1. The standard InChI is InChI=1S/C17H21NS2/c1-2-15-16(18-17(19)20-15)14-10-8-13(9-11-14)12-6-4-3-5-7-12/h8-12H,2-7H2,1H3,(H,18,19). The second kappa shape index (κ2) is 6.23. The van der Waals surface area contributed by atoms with Crippen molar-refractivity contribution in [1.29, 1.82) is 0 Å².